The number of aliphatic carboxylic acids is 1. The van der Waals surface area contributed by atoms with E-state index in [0.29, 0.717) is 5.56 Å². The van der Waals surface area contributed by atoms with E-state index in [4.69, 9.17) is 4.74 Å². The van der Waals surface area contributed by atoms with Crippen LogP contribution >= 0.6 is 0 Å². The summed E-state index contributed by atoms with van der Waals surface area (Å²) in [6.45, 7) is 0.0526. The highest BCUT2D eigenvalue weighted by molar-refractivity contribution is 5.86. The predicted octanol–water partition coefficient (Wildman–Crippen LogP) is 5.00. The molecule has 30 heavy (non-hydrogen) atoms. The van der Waals surface area contributed by atoms with Crippen molar-refractivity contribution >= 4 is 18.1 Å². The van der Waals surface area contributed by atoms with E-state index in [9.17, 15) is 14.7 Å². The molecular weight excluding hydrogens is 378 g/mol. The van der Waals surface area contributed by atoms with E-state index in [0.717, 1.165) is 11.1 Å². The summed E-state index contributed by atoms with van der Waals surface area (Å²) in [7, 11) is 0. The van der Waals surface area contributed by atoms with Gasteiger partial charge in [0.15, 0.2) is 5.54 Å². The zero-order chi connectivity index (χ0) is 21.2. The molecule has 0 aromatic heterocycles. The molecule has 152 valence electrons. The Morgan fingerprint density at radius 2 is 1.43 bits per heavy atom. The molecule has 3 aromatic carbocycles. The highest BCUT2D eigenvalue weighted by Crippen LogP contribution is 2.27. The minimum Gasteiger partial charge on any atom is -0.479 e. The first-order valence-corrected chi connectivity index (χ1v) is 9.59. The van der Waals surface area contributed by atoms with E-state index in [1.165, 1.54) is 0 Å². The Kier molecular flexibility index (Phi) is 7.00. The number of carbonyl (C=O) groups excluding carboxylic acids is 1. The predicted molar refractivity (Wildman–Crippen MR) is 116 cm³/mol. The second-order valence-corrected chi connectivity index (χ2v) is 6.78. The Bertz CT molecular complexity index is 987. The molecule has 3 aromatic rings. The Hall–Kier alpha value is -3.86. The SMILES string of the molecule is O=C(N[C@@](C/C=C/c1ccccc1)(C(=O)O)c1ccccc1)OCc1ccccc1. The minimum absolute atomic E-state index is 0.0526. The lowest BCUT2D eigenvalue weighted by Crippen LogP contribution is -2.51. The van der Waals surface area contributed by atoms with Gasteiger partial charge in [-0.1, -0.05) is 103 Å². The molecule has 2 N–H and O–H groups in total. The second-order valence-electron chi connectivity index (χ2n) is 6.78. The number of carboxylic acids is 1. The zero-order valence-corrected chi connectivity index (χ0v) is 16.4. The molecule has 5 heteroatoms. The number of alkyl carbamates (subject to hydrolysis) is 1. The van der Waals surface area contributed by atoms with Crippen LogP contribution in [-0.4, -0.2) is 17.2 Å². The third-order valence-electron chi connectivity index (χ3n) is 4.69. The average molecular weight is 401 g/mol. The fourth-order valence-electron chi connectivity index (χ4n) is 3.10. The molecule has 0 saturated heterocycles. The Morgan fingerprint density at radius 1 is 0.867 bits per heavy atom. The molecule has 0 saturated carbocycles. The van der Waals surface area contributed by atoms with Crippen LogP contribution in [0, 0.1) is 0 Å². The topological polar surface area (TPSA) is 75.6 Å². The number of nitrogens with one attached hydrogen (secondary N) is 1. The normalized spacial score (nSPS) is 12.8. The Balaban J connectivity index is 1.81. The maximum atomic E-state index is 12.5. The summed E-state index contributed by atoms with van der Waals surface area (Å²) in [5.41, 5.74) is 0.570. The maximum absolute atomic E-state index is 12.5. The van der Waals surface area contributed by atoms with Gasteiger partial charge in [-0.05, 0) is 16.7 Å². The highest BCUT2D eigenvalue weighted by atomic mass is 16.5. The molecule has 0 radical (unpaired) electrons. The summed E-state index contributed by atoms with van der Waals surface area (Å²) in [6.07, 6.45) is 2.84. The van der Waals surface area contributed by atoms with Crippen LogP contribution in [0.1, 0.15) is 23.1 Å². The molecule has 0 unspecified atom stereocenters. The van der Waals surface area contributed by atoms with E-state index in [1.54, 1.807) is 36.4 Å². The van der Waals surface area contributed by atoms with Gasteiger partial charge in [-0.2, -0.15) is 0 Å². The van der Waals surface area contributed by atoms with Crippen molar-refractivity contribution < 1.29 is 19.4 Å². The summed E-state index contributed by atoms with van der Waals surface area (Å²) >= 11 is 0. The Labute approximate surface area is 175 Å². The molecule has 5 nitrogen and oxygen atoms in total. The van der Waals surface area contributed by atoms with Crippen LogP contribution in [0.4, 0.5) is 4.79 Å². The van der Waals surface area contributed by atoms with E-state index in [1.807, 2.05) is 66.7 Å². The first-order valence-electron chi connectivity index (χ1n) is 9.59. The number of ether oxygens (including phenoxy) is 1. The summed E-state index contributed by atoms with van der Waals surface area (Å²) < 4.78 is 5.28. The van der Waals surface area contributed by atoms with Gasteiger partial charge in [0.1, 0.15) is 6.61 Å². The summed E-state index contributed by atoms with van der Waals surface area (Å²) in [5.74, 6) is -1.16. The van der Waals surface area contributed by atoms with Crippen LogP contribution in [0.3, 0.4) is 0 Å². The molecule has 0 aliphatic carbocycles. The van der Waals surface area contributed by atoms with Crippen LogP contribution in [0.25, 0.3) is 6.08 Å². The van der Waals surface area contributed by atoms with Crippen LogP contribution < -0.4 is 5.32 Å². The molecular formula is C25H23NO4. The fourth-order valence-corrected chi connectivity index (χ4v) is 3.10. The molecule has 0 aliphatic rings. The highest BCUT2D eigenvalue weighted by Gasteiger charge is 2.41. The smallest absolute Gasteiger partial charge is 0.408 e. The molecule has 1 atom stereocenters. The molecule has 0 fully saturated rings. The quantitative estimate of drug-likeness (QED) is 0.557. The summed E-state index contributed by atoms with van der Waals surface area (Å²) in [6, 6.07) is 27.4. The van der Waals surface area contributed by atoms with Gasteiger partial charge < -0.3 is 15.2 Å². The lowest BCUT2D eigenvalue weighted by atomic mass is 9.86. The van der Waals surface area contributed by atoms with Gasteiger partial charge in [0.05, 0.1) is 0 Å². The third kappa shape index (κ3) is 5.35. The summed E-state index contributed by atoms with van der Waals surface area (Å²) in [5, 5.41) is 12.7. The second kappa shape index (κ2) is 10.1. The standard InChI is InChI=1S/C25H23NO4/c27-23(28)25(22-16-8-3-9-17-22,18-10-15-20-11-4-1-5-12-20)26-24(29)30-19-21-13-6-2-7-14-21/h1-17H,18-19H2,(H,26,29)(H,27,28)/b15-10+/t25-/m1/s1. The van der Waals surface area contributed by atoms with Gasteiger partial charge in [0.2, 0.25) is 0 Å². The molecule has 0 bridgehead atoms. The van der Waals surface area contributed by atoms with Crippen molar-refractivity contribution in [2.45, 2.75) is 18.6 Å². The molecule has 0 aliphatic heterocycles. The van der Waals surface area contributed by atoms with Crippen molar-refractivity contribution in [2.75, 3.05) is 0 Å². The van der Waals surface area contributed by atoms with Gasteiger partial charge in [-0.25, -0.2) is 9.59 Å². The van der Waals surface area contributed by atoms with E-state index < -0.39 is 17.6 Å². The van der Waals surface area contributed by atoms with Crippen LogP contribution in [0.5, 0.6) is 0 Å². The fraction of sp³-hybridized carbons (Fsp3) is 0.120. The van der Waals surface area contributed by atoms with Crippen LogP contribution in [0.15, 0.2) is 97.1 Å². The number of hydrogen-bond donors (Lipinski definition) is 2. The van der Waals surface area contributed by atoms with Crippen LogP contribution in [0.2, 0.25) is 0 Å². The van der Waals surface area contributed by atoms with Gasteiger partial charge in [-0.15, -0.1) is 0 Å². The molecule has 1 amide bonds. The largest absolute Gasteiger partial charge is 0.479 e. The van der Waals surface area contributed by atoms with E-state index in [-0.39, 0.29) is 13.0 Å². The number of carbonyl (C=O) groups is 2. The van der Waals surface area contributed by atoms with Crippen molar-refractivity contribution in [3.63, 3.8) is 0 Å². The van der Waals surface area contributed by atoms with Gasteiger partial charge in [-0.3, -0.25) is 0 Å². The number of benzene rings is 3. The van der Waals surface area contributed by atoms with Crippen molar-refractivity contribution in [1.82, 2.24) is 5.32 Å². The zero-order valence-electron chi connectivity index (χ0n) is 16.4. The van der Waals surface area contributed by atoms with E-state index in [2.05, 4.69) is 5.32 Å². The molecule has 3 rings (SSSR count). The summed E-state index contributed by atoms with van der Waals surface area (Å²) in [4.78, 5) is 24.9. The van der Waals surface area contributed by atoms with Gasteiger partial charge in [0, 0.05) is 6.42 Å². The first kappa shape index (κ1) is 20.9. The van der Waals surface area contributed by atoms with Gasteiger partial charge in [0.25, 0.3) is 0 Å². The third-order valence-corrected chi connectivity index (χ3v) is 4.69. The molecule has 0 heterocycles. The van der Waals surface area contributed by atoms with Crippen molar-refractivity contribution in [3.05, 3.63) is 114 Å². The van der Waals surface area contributed by atoms with E-state index >= 15 is 0 Å². The van der Waals surface area contributed by atoms with Crippen molar-refractivity contribution in [3.8, 4) is 0 Å². The monoisotopic (exact) mass is 401 g/mol. The lowest BCUT2D eigenvalue weighted by molar-refractivity contribution is -0.145. The maximum Gasteiger partial charge on any atom is 0.408 e. The number of amides is 1. The number of hydrogen-bond acceptors (Lipinski definition) is 3. The molecule has 0 spiro atoms. The minimum atomic E-state index is -1.65. The lowest BCUT2D eigenvalue weighted by Gasteiger charge is -2.29. The Morgan fingerprint density at radius 3 is 2.03 bits per heavy atom. The first-order chi connectivity index (χ1) is 14.6. The average Bonchev–Trinajstić information content (AvgIpc) is 2.79. The van der Waals surface area contributed by atoms with Crippen molar-refractivity contribution in [1.29, 1.82) is 0 Å². The van der Waals surface area contributed by atoms with Crippen molar-refractivity contribution in [2.24, 2.45) is 0 Å². The van der Waals surface area contributed by atoms with Crippen LogP contribution in [-0.2, 0) is 21.7 Å². The number of carboxylic acid groups (broad SMARTS) is 1. The van der Waals surface area contributed by atoms with Gasteiger partial charge >= 0.3 is 12.1 Å². The number of rotatable bonds is 8.